The van der Waals surface area contributed by atoms with Crippen LogP contribution in [0.2, 0.25) is 0 Å². The molecule has 102 valence electrons. The predicted octanol–water partition coefficient (Wildman–Crippen LogP) is 2.34. The van der Waals surface area contributed by atoms with Gasteiger partial charge in [-0.2, -0.15) is 0 Å². The van der Waals surface area contributed by atoms with Gasteiger partial charge in [-0.1, -0.05) is 20.8 Å². The highest BCUT2D eigenvalue weighted by Gasteiger charge is 2.29. The lowest BCUT2D eigenvalue weighted by Crippen LogP contribution is -2.17. The zero-order valence-corrected chi connectivity index (χ0v) is 11.7. The first-order valence-corrected chi connectivity index (χ1v) is 5.97. The average Bonchev–Trinajstić information content (AvgIpc) is 2.72. The SMILES string of the molecule is COCCCc1nc(C(C)(C)C)c(C(=O)OC)o1. The number of esters is 1. The fourth-order valence-corrected chi connectivity index (χ4v) is 1.58. The Morgan fingerprint density at radius 1 is 1.33 bits per heavy atom. The zero-order valence-electron chi connectivity index (χ0n) is 11.7. The van der Waals surface area contributed by atoms with Gasteiger partial charge < -0.3 is 13.9 Å². The molecule has 1 heterocycles. The van der Waals surface area contributed by atoms with Crippen LogP contribution in [-0.4, -0.2) is 31.8 Å². The monoisotopic (exact) mass is 255 g/mol. The van der Waals surface area contributed by atoms with Gasteiger partial charge in [-0.05, 0) is 6.42 Å². The largest absolute Gasteiger partial charge is 0.463 e. The maximum Gasteiger partial charge on any atom is 0.376 e. The molecule has 0 bridgehead atoms. The van der Waals surface area contributed by atoms with E-state index in [9.17, 15) is 4.79 Å². The van der Waals surface area contributed by atoms with E-state index in [0.717, 1.165) is 6.42 Å². The second-order valence-corrected chi connectivity index (χ2v) is 5.12. The van der Waals surface area contributed by atoms with E-state index in [2.05, 4.69) is 4.98 Å². The molecule has 5 nitrogen and oxygen atoms in total. The first kappa shape index (κ1) is 14.7. The van der Waals surface area contributed by atoms with Gasteiger partial charge in [-0.15, -0.1) is 0 Å². The number of oxazole rings is 1. The number of carbonyl (C=O) groups is 1. The zero-order chi connectivity index (χ0) is 13.8. The van der Waals surface area contributed by atoms with E-state index in [4.69, 9.17) is 13.9 Å². The van der Waals surface area contributed by atoms with Crippen LogP contribution in [-0.2, 0) is 21.3 Å². The Hall–Kier alpha value is -1.36. The fourth-order valence-electron chi connectivity index (χ4n) is 1.58. The van der Waals surface area contributed by atoms with E-state index in [0.29, 0.717) is 24.6 Å². The van der Waals surface area contributed by atoms with Gasteiger partial charge in [-0.25, -0.2) is 9.78 Å². The Labute approximate surface area is 107 Å². The molecule has 0 unspecified atom stereocenters. The summed E-state index contributed by atoms with van der Waals surface area (Å²) < 4.78 is 15.2. The molecule has 1 aromatic heterocycles. The molecule has 0 aliphatic rings. The smallest absolute Gasteiger partial charge is 0.376 e. The number of methoxy groups -OCH3 is 2. The molecule has 0 aliphatic heterocycles. The fraction of sp³-hybridized carbons (Fsp3) is 0.692. The molecular formula is C13H21NO4. The number of rotatable bonds is 5. The molecule has 0 amide bonds. The van der Waals surface area contributed by atoms with Gasteiger partial charge in [0.2, 0.25) is 5.76 Å². The van der Waals surface area contributed by atoms with Crippen LogP contribution in [0.1, 0.15) is 49.3 Å². The van der Waals surface area contributed by atoms with E-state index in [1.165, 1.54) is 7.11 Å². The first-order valence-electron chi connectivity index (χ1n) is 5.97. The van der Waals surface area contributed by atoms with Crippen LogP contribution in [0.3, 0.4) is 0 Å². The third-order valence-corrected chi connectivity index (χ3v) is 2.49. The lowest BCUT2D eigenvalue weighted by atomic mass is 9.91. The summed E-state index contributed by atoms with van der Waals surface area (Å²) >= 11 is 0. The number of hydrogen-bond acceptors (Lipinski definition) is 5. The Balaban J connectivity index is 2.97. The summed E-state index contributed by atoms with van der Waals surface area (Å²) in [5, 5.41) is 0. The molecular weight excluding hydrogens is 234 g/mol. The van der Waals surface area contributed by atoms with Crippen molar-refractivity contribution in [3.8, 4) is 0 Å². The van der Waals surface area contributed by atoms with Crippen molar-refractivity contribution in [1.29, 1.82) is 0 Å². The van der Waals surface area contributed by atoms with Crippen LogP contribution in [0.15, 0.2) is 4.42 Å². The summed E-state index contributed by atoms with van der Waals surface area (Å²) in [6, 6.07) is 0. The van der Waals surface area contributed by atoms with Gasteiger partial charge in [0.05, 0.1) is 12.8 Å². The molecule has 0 aromatic carbocycles. The van der Waals surface area contributed by atoms with Gasteiger partial charge in [0.25, 0.3) is 0 Å². The molecule has 0 N–H and O–H groups in total. The molecule has 5 heteroatoms. The highest BCUT2D eigenvalue weighted by atomic mass is 16.5. The number of aromatic nitrogens is 1. The van der Waals surface area contributed by atoms with Gasteiger partial charge in [0, 0.05) is 25.6 Å². The van der Waals surface area contributed by atoms with Crippen molar-refractivity contribution in [2.24, 2.45) is 0 Å². The number of carbonyl (C=O) groups excluding carboxylic acids is 1. The summed E-state index contributed by atoms with van der Waals surface area (Å²) in [7, 11) is 2.98. The Bertz CT molecular complexity index is 404. The second-order valence-electron chi connectivity index (χ2n) is 5.12. The van der Waals surface area contributed by atoms with Crippen LogP contribution >= 0.6 is 0 Å². The Morgan fingerprint density at radius 3 is 2.50 bits per heavy atom. The van der Waals surface area contributed by atoms with E-state index < -0.39 is 5.97 Å². The van der Waals surface area contributed by atoms with Crippen LogP contribution in [0, 0.1) is 0 Å². The summed E-state index contributed by atoms with van der Waals surface area (Å²) in [6.07, 6.45) is 1.45. The molecule has 0 fully saturated rings. The third kappa shape index (κ3) is 3.57. The quantitative estimate of drug-likeness (QED) is 0.597. The Kier molecular flexibility index (Phi) is 4.90. The lowest BCUT2D eigenvalue weighted by molar-refractivity contribution is 0.0559. The summed E-state index contributed by atoms with van der Waals surface area (Å²) in [5.41, 5.74) is 0.383. The minimum atomic E-state index is -0.481. The van der Waals surface area contributed by atoms with Crippen LogP contribution in [0.4, 0.5) is 0 Å². The van der Waals surface area contributed by atoms with E-state index in [-0.39, 0.29) is 11.2 Å². The minimum absolute atomic E-state index is 0.206. The highest BCUT2D eigenvalue weighted by Crippen LogP contribution is 2.26. The van der Waals surface area contributed by atoms with E-state index >= 15 is 0 Å². The molecule has 0 aliphatic carbocycles. The first-order chi connectivity index (χ1) is 8.40. The Morgan fingerprint density at radius 2 is 2.00 bits per heavy atom. The van der Waals surface area contributed by atoms with Crippen molar-refractivity contribution in [2.45, 2.75) is 39.0 Å². The predicted molar refractivity (Wildman–Crippen MR) is 66.7 cm³/mol. The number of ether oxygens (including phenoxy) is 2. The molecule has 0 atom stereocenters. The van der Waals surface area contributed by atoms with Crippen molar-refractivity contribution >= 4 is 5.97 Å². The standard InChI is InChI=1S/C13H21NO4/c1-13(2,3)11-10(12(15)17-5)18-9(14-11)7-6-8-16-4/h6-8H2,1-5H3. The van der Waals surface area contributed by atoms with Crippen LogP contribution in [0.25, 0.3) is 0 Å². The minimum Gasteiger partial charge on any atom is -0.463 e. The normalized spacial score (nSPS) is 11.6. The van der Waals surface area contributed by atoms with E-state index in [1.807, 2.05) is 20.8 Å². The molecule has 0 radical (unpaired) electrons. The van der Waals surface area contributed by atoms with Crippen LogP contribution < -0.4 is 0 Å². The highest BCUT2D eigenvalue weighted by molar-refractivity contribution is 5.87. The van der Waals surface area contributed by atoms with Crippen molar-refractivity contribution < 1.29 is 18.7 Å². The average molecular weight is 255 g/mol. The van der Waals surface area contributed by atoms with Gasteiger partial charge in [0.15, 0.2) is 5.89 Å². The summed E-state index contributed by atoms with van der Waals surface area (Å²) in [4.78, 5) is 16.0. The summed E-state index contributed by atoms with van der Waals surface area (Å²) in [6.45, 7) is 6.59. The molecule has 1 aromatic rings. The maximum atomic E-state index is 11.6. The molecule has 0 saturated carbocycles. The molecule has 1 rings (SSSR count). The molecule has 18 heavy (non-hydrogen) atoms. The number of hydrogen-bond donors (Lipinski definition) is 0. The lowest BCUT2D eigenvalue weighted by Gasteiger charge is -2.15. The third-order valence-electron chi connectivity index (χ3n) is 2.49. The number of nitrogens with zero attached hydrogens (tertiary/aromatic N) is 1. The number of aryl methyl sites for hydroxylation is 1. The van der Waals surface area contributed by atoms with Gasteiger partial charge in [-0.3, -0.25) is 0 Å². The van der Waals surface area contributed by atoms with Crippen molar-refractivity contribution in [2.75, 3.05) is 20.8 Å². The van der Waals surface area contributed by atoms with Gasteiger partial charge in [0.1, 0.15) is 0 Å². The molecule has 0 saturated heterocycles. The van der Waals surface area contributed by atoms with Crippen molar-refractivity contribution in [1.82, 2.24) is 4.98 Å². The second kappa shape index (κ2) is 6.00. The van der Waals surface area contributed by atoms with Crippen molar-refractivity contribution in [3.05, 3.63) is 17.3 Å². The van der Waals surface area contributed by atoms with Crippen LogP contribution in [0.5, 0.6) is 0 Å². The van der Waals surface area contributed by atoms with Gasteiger partial charge >= 0.3 is 5.97 Å². The molecule has 0 spiro atoms. The maximum absolute atomic E-state index is 11.6. The van der Waals surface area contributed by atoms with E-state index in [1.54, 1.807) is 7.11 Å². The van der Waals surface area contributed by atoms with Crippen molar-refractivity contribution in [3.63, 3.8) is 0 Å². The topological polar surface area (TPSA) is 61.6 Å². The summed E-state index contributed by atoms with van der Waals surface area (Å²) in [5.74, 6) is 0.278.